The van der Waals surface area contributed by atoms with E-state index in [2.05, 4.69) is 28.2 Å². The van der Waals surface area contributed by atoms with Crippen molar-refractivity contribution in [1.29, 1.82) is 5.26 Å². The van der Waals surface area contributed by atoms with Gasteiger partial charge >= 0.3 is 12.1 Å². The average Bonchev–Trinajstić information content (AvgIpc) is 3.06. The molecule has 1 amide bonds. The van der Waals surface area contributed by atoms with Crippen LogP contribution in [0.3, 0.4) is 0 Å². The van der Waals surface area contributed by atoms with Crippen LogP contribution in [-0.4, -0.2) is 96.5 Å². The van der Waals surface area contributed by atoms with Crippen LogP contribution < -0.4 is 15.0 Å². The summed E-state index contributed by atoms with van der Waals surface area (Å²) < 4.78 is 11.8. The van der Waals surface area contributed by atoms with Gasteiger partial charge in [0.05, 0.1) is 24.2 Å². The smallest absolute Gasteiger partial charge is 0.410 e. The second-order valence-corrected chi connectivity index (χ2v) is 10.7. The molecule has 10 heteroatoms. The molecule has 10 nitrogen and oxygen atoms in total. The van der Waals surface area contributed by atoms with Gasteiger partial charge in [-0.25, -0.2) is 4.79 Å². The van der Waals surface area contributed by atoms with Gasteiger partial charge in [0.2, 0.25) is 0 Å². The Bertz CT molecular complexity index is 942. The Labute approximate surface area is 208 Å². The van der Waals surface area contributed by atoms with Crippen LogP contribution in [0, 0.1) is 11.3 Å². The Hall–Kier alpha value is -2.64. The van der Waals surface area contributed by atoms with Gasteiger partial charge in [-0.15, -0.1) is 0 Å². The Balaban J connectivity index is 1.56. The number of likely N-dealkylation sites (N-methyl/N-ethyl adjacent to an activating group) is 1. The average molecular weight is 486 g/mol. The lowest BCUT2D eigenvalue weighted by Crippen LogP contribution is -2.56. The quantitative estimate of drug-likeness (QED) is 0.670. The van der Waals surface area contributed by atoms with Crippen LogP contribution in [0.1, 0.15) is 51.3 Å². The van der Waals surface area contributed by atoms with Gasteiger partial charge in [-0.2, -0.15) is 15.2 Å². The molecule has 0 aliphatic carbocycles. The Kier molecular flexibility index (Phi) is 7.97. The van der Waals surface area contributed by atoms with E-state index in [9.17, 15) is 10.1 Å². The number of carbonyl (C=O) groups excluding carboxylic acids is 1. The summed E-state index contributed by atoms with van der Waals surface area (Å²) in [6, 6.07) is 2.79. The number of hydrogen-bond donors (Lipinski definition) is 1. The van der Waals surface area contributed by atoms with Gasteiger partial charge in [0.15, 0.2) is 0 Å². The summed E-state index contributed by atoms with van der Waals surface area (Å²) in [5, 5.41) is 12.9. The van der Waals surface area contributed by atoms with Crippen LogP contribution in [0.5, 0.6) is 6.01 Å². The van der Waals surface area contributed by atoms with Crippen LogP contribution in [0.25, 0.3) is 0 Å². The molecule has 4 heterocycles. The summed E-state index contributed by atoms with van der Waals surface area (Å²) in [4.78, 5) is 28.7. The molecule has 1 aromatic heterocycles. The van der Waals surface area contributed by atoms with Crippen molar-refractivity contribution in [3.63, 3.8) is 0 Å². The van der Waals surface area contributed by atoms with Gasteiger partial charge in [0.1, 0.15) is 18.0 Å². The van der Waals surface area contributed by atoms with Gasteiger partial charge in [0.25, 0.3) is 0 Å². The number of nitrogens with one attached hydrogen (secondary N) is 1. The normalized spacial score (nSPS) is 23.4. The lowest BCUT2D eigenvalue weighted by atomic mass is 10.1. The highest BCUT2D eigenvalue weighted by atomic mass is 16.6. The fourth-order valence-electron chi connectivity index (χ4n) is 5.08. The maximum absolute atomic E-state index is 12.8. The number of rotatable bonds is 5. The zero-order valence-corrected chi connectivity index (χ0v) is 21.5. The number of fused-ring (bicyclic) bond motifs is 1. The number of amides is 1. The Morgan fingerprint density at radius 3 is 2.69 bits per heavy atom. The number of carbonyl (C=O) groups is 1. The van der Waals surface area contributed by atoms with E-state index in [1.807, 2.05) is 20.8 Å². The summed E-state index contributed by atoms with van der Waals surface area (Å²) >= 11 is 0. The first-order valence-electron chi connectivity index (χ1n) is 12.8. The molecule has 0 unspecified atom stereocenters. The largest absolute Gasteiger partial charge is 0.462 e. The number of piperazine rings is 1. The molecule has 2 fully saturated rings. The number of likely N-dealkylation sites (tertiary alicyclic amines) is 1. The van der Waals surface area contributed by atoms with E-state index in [4.69, 9.17) is 19.4 Å². The molecular weight excluding hydrogens is 446 g/mol. The lowest BCUT2D eigenvalue weighted by molar-refractivity contribution is 0.0144. The first kappa shape index (κ1) is 25.5. The van der Waals surface area contributed by atoms with E-state index in [0.29, 0.717) is 38.3 Å². The van der Waals surface area contributed by atoms with Crippen LogP contribution in [-0.2, 0) is 17.6 Å². The van der Waals surface area contributed by atoms with Gasteiger partial charge in [-0.05, 0) is 60.2 Å². The van der Waals surface area contributed by atoms with Crippen molar-refractivity contribution in [3.05, 3.63) is 11.3 Å². The number of nitriles is 1. The number of aromatic nitrogens is 2. The molecule has 3 aliphatic rings. The number of nitrogens with zero attached hydrogens (tertiary/aromatic N) is 6. The van der Waals surface area contributed by atoms with Crippen molar-refractivity contribution in [2.24, 2.45) is 0 Å². The molecular formula is C25H39N7O3. The SMILES string of the molecule is CN1CCC[C@H]1COc1nc2c(c(N3CCN(C(=O)OC(C)(C)C)[C@@H](CC#N)C3)n1)CCNCC2. The molecule has 35 heavy (non-hydrogen) atoms. The van der Waals surface area contributed by atoms with Crippen LogP contribution in [0.4, 0.5) is 10.6 Å². The zero-order valence-electron chi connectivity index (χ0n) is 21.5. The second-order valence-electron chi connectivity index (χ2n) is 10.7. The highest BCUT2D eigenvalue weighted by Gasteiger charge is 2.35. The maximum Gasteiger partial charge on any atom is 0.410 e. The first-order valence-corrected chi connectivity index (χ1v) is 12.8. The number of ether oxygens (including phenoxy) is 2. The third-order valence-corrected chi connectivity index (χ3v) is 6.95. The van der Waals surface area contributed by atoms with E-state index in [1.54, 1.807) is 4.90 Å². The van der Waals surface area contributed by atoms with Crippen molar-refractivity contribution >= 4 is 11.9 Å². The maximum atomic E-state index is 12.8. The van der Waals surface area contributed by atoms with E-state index < -0.39 is 5.60 Å². The lowest BCUT2D eigenvalue weighted by Gasteiger charge is -2.42. The van der Waals surface area contributed by atoms with Gasteiger partial charge in [-0.1, -0.05) is 0 Å². The summed E-state index contributed by atoms with van der Waals surface area (Å²) in [5.41, 5.74) is 1.59. The van der Waals surface area contributed by atoms with Crippen LogP contribution in [0.15, 0.2) is 0 Å². The highest BCUT2D eigenvalue weighted by molar-refractivity contribution is 5.69. The summed E-state index contributed by atoms with van der Waals surface area (Å²) in [7, 11) is 2.13. The minimum atomic E-state index is -0.581. The standard InChI is InChI=1S/C25H39N7O3/c1-25(2,3)35-24(33)32-15-14-31(16-18(32)7-10-26)22-20-8-11-27-12-9-21(20)28-23(29-22)34-17-19-6-5-13-30(19)4/h18-19,27H,5-9,11-17H2,1-4H3/t18-,19-/m0/s1. The Morgan fingerprint density at radius 2 is 1.97 bits per heavy atom. The van der Waals surface area contributed by atoms with Crippen molar-refractivity contribution < 1.29 is 14.3 Å². The summed E-state index contributed by atoms with van der Waals surface area (Å²) in [5.74, 6) is 0.875. The summed E-state index contributed by atoms with van der Waals surface area (Å²) in [6.07, 6.45) is 3.85. The van der Waals surface area contributed by atoms with Crippen molar-refractivity contribution in [2.75, 3.05) is 57.8 Å². The van der Waals surface area contributed by atoms with E-state index in [-0.39, 0.29) is 18.6 Å². The Morgan fingerprint density at radius 1 is 1.17 bits per heavy atom. The minimum Gasteiger partial charge on any atom is -0.462 e. The van der Waals surface area contributed by atoms with Crippen LogP contribution >= 0.6 is 0 Å². The number of anilines is 1. The van der Waals surface area contributed by atoms with E-state index in [0.717, 1.165) is 56.0 Å². The van der Waals surface area contributed by atoms with Gasteiger partial charge in [0, 0.05) is 44.2 Å². The zero-order chi connectivity index (χ0) is 25.0. The van der Waals surface area contributed by atoms with E-state index in [1.165, 1.54) is 6.42 Å². The predicted molar refractivity (Wildman–Crippen MR) is 133 cm³/mol. The molecule has 1 N–H and O–H groups in total. The summed E-state index contributed by atoms with van der Waals surface area (Å²) in [6.45, 7) is 10.6. The van der Waals surface area contributed by atoms with Crippen molar-refractivity contribution in [2.45, 2.75) is 70.6 Å². The monoisotopic (exact) mass is 485 g/mol. The predicted octanol–water partition coefficient (Wildman–Crippen LogP) is 1.98. The van der Waals surface area contributed by atoms with Crippen molar-refractivity contribution in [1.82, 2.24) is 25.1 Å². The highest BCUT2D eigenvalue weighted by Crippen LogP contribution is 2.29. The molecule has 0 spiro atoms. The van der Waals surface area contributed by atoms with E-state index >= 15 is 0 Å². The molecule has 4 rings (SSSR count). The van der Waals surface area contributed by atoms with Gasteiger partial charge < -0.3 is 29.5 Å². The topological polar surface area (TPSA) is 107 Å². The molecule has 0 bridgehead atoms. The molecule has 2 atom stereocenters. The minimum absolute atomic E-state index is 0.238. The fraction of sp³-hybridized carbons (Fsp3) is 0.760. The third-order valence-electron chi connectivity index (χ3n) is 6.95. The molecule has 0 saturated carbocycles. The molecule has 0 aromatic carbocycles. The second kappa shape index (κ2) is 11.0. The molecule has 1 aromatic rings. The molecule has 2 saturated heterocycles. The van der Waals surface area contributed by atoms with Gasteiger partial charge in [-0.3, -0.25) is 0 Å². The number of hydrogen-bond acceptors (Lipinski definition) is 9. The first-order chi connectivity index (χ1) is 16.7. The van der Waals surface area contributed by atoms with Crippen molar-refractivity contribution in [3.8, 4) is 12.1 Å². The fourth-order valence-corrected chi connectivity index (χ4v) is 5.08. The third kappa shape index (κ3) is 6.33. The molecule has 192 valence electrons. The molecule has 0 radical (unpaired) electrons. The van der Waals surface area contributed by atoms with Crippen LogP contribution in [0.2, 0.25) is 0 Å². The molecule has 3 aliphatic heterocycles.